The lowest BCUT2D eigenvalue weighted by Gasteiger charge is -2.33. The third-order valence-electron chi connectivity index (χ3n) is 4.19. The van der Waals surface area contributed by atoms with Crippen molar-refractivity contribution < 1.29 is 4.79 Å². The molecule has 0 aromatic heterocycles. The number of rotatable bonds is 8. The van der Waals surface area contributed by atoms with Crippen molar-refractivity contribution in [3.05, 3.63) is 12.2 Å². The first-order chi connectivity index (χ1) is 11.4. The molecule has 0 radical (unpaired) electrons. The summed E-state index contributed by atoms with van der Waals surface area (Å²) in [4.78, 5) is 20.3. The average Bonchev–Trinajstić information content (AvgIpc) is 2.56. The fourth-order valence-electron chi connectivity index (χ4n) is 2.55. The number of carbonyl (C=O) groups is 1. The summed E-state index contributed by atoms with van der Waals surface area (Å²) in [7, 11) is 3.50. The van der Waals surface area contributed by atoms with Crippen LogP contribution in [-0.4, -0.2) is 74.5 Å². The van der Waals surface area contributed by atoms with Crippen LogP contribution in [0.25, 0.3) is 0 Å². The van der Waals surface area contributed by atoms with Crippen molar-refractivity contribution in [2.45, 2.75) is 45.6 Å². The molecular formula is C18H35N5O. The number of amides is 1. The van der Waals surface area contributed by atoms with Crippen molar-refractivity contribution in [1.29, 1.82) is 0 Å². The van der Waals surface area contributed by atoms with Gasteiger partial charge in [-0.2, -0.15) is 0 Å². The number of nitrogens with zero attached hydrogens (tertiary/aromatic N) is 3. The molecule has 1 amide bonds. The lowest BCUT2D eigenvalue weighted by Crippen LogP contribution is -2.49. The van der Waals surface area contributed by atoms with Gasteiger partial charge in [0.15, 0.2) is 5.96 Å². The molecule has 0 atom stereocenters. The Morgan fingerprint density at radius 1 is 1.33 bits per heavy atom. The Labute approximate surface area is 147 Å². The van der Waals surface area contributed by atoms with E-state index in [1.165, 1.54) is 19.4 Å². The maximum absolute atomic E-state index is 11.8. The van der Waals surface area contributed by atoms with E-state index < -0.39 is 0 Å². The number of piperidine rings is 1. The Kier molecular flexibility index (Phi) is 9.45. The third-order valence-corrected chi connectivity index (χ3v) is 4.19. The Morgan fingerprint density at radius 3 is 2.54 bits per heavy atom. The van der Waals surface area contributed by atoms with Crippen molar-refractivity contribution in [2.75, 3.05) is 46.8 Å². The minimum absolute atomic E-state index is 0.000750. The first-order valence-electron chi connectivity index (χ1n) is 9.04. The van der Waals surface area contributed by atoms with Crippen LogP contribution in [0.4, 0.5) is 0 Å². The summed E-state index contributed by atoms with van der Waals surface area (Å²) in [6.07, 6.45) is 4.75. The van der Waals surface area contributed by atoms with Crippen LogP contribution in [0, 0.1) is 0 Å². The number of likely N-dealkylation sites (N-methyl/N-ethyl adjacent to an activating group) is 1. The van der Waals surface area contributed by atoms with Crippen molar-refractivity contribution in [3.63, 3.8) is 0 Å². The Morgan fingerprint density at radius 2 is 2.00 bits per heavy atom. The summed E-state index contributed by atoms with van der Waals surface area (Å²) in [6, 6.07) is 0.411. The number of guanidine groups is 1. The van der Waals surface area contributed by atoms with Crippen LogP contribution in [0.3, 0.4) is 0 Å². The van der Waals surface area contributed by atoms with Gasteiger partial charge >= 0.3 is 0 Å². The minimum Gasteiger partial charge on any atom is -0.354 e. The highest BCUT2D eigenvalue weighted by molar-refractivity contribution is 5.85. The van der Waals surface area contributed by atoms with Gasteiger partial charge in [0.1, 0.15) is 6.54 Å². The van der Waals surface area contributed by atoms with Crippen molar-refractivity contribution in [2.24, 2.45) is 4.99 Å². The molecule has 0 aliphatic carbocycles. The minimum atomic E-state index is 0.000750. The molecule has 1 aliphatic heterocycles. The molecule has 2 N–H and O–H groups in total. The van der Waals surface area contributed by atoms with Crippen LogP contribution in [0.5, 0.6) is 0 Å². The van der Waals surface area contributed by atoms with Gasteiger partial charge in [-0.25, -0.2) is 4.99 Å². The van der Waals surface area contributed by atoms with Gasteiger partial charge in [-0.1, -0.05) is 25.5 Å². The normalized spacial score (nSPS) is 16.8. The molecule has 1 saturated heterocycles. The summed E-state index contributed by atoms with van der Waals surface area (Å²) in [5.41, 5.74) is 1.04. The fraction of sp³-hybridized carbons (Fsp3) is 0.778. The summed E-state index contributed by atoms with van der Waals surface area (Å²) < 4.78 is 0. The van der Waals surface area contributed by atoms with Gasteiger partial charge in [-0.15, -0.1) is 0 Å². The molecule has 0 unspecified atom stereocenters. The molecule has 0 saturated carbocycles. The van der Waals surface area contributed by atoms with E-state index in [0.29, 0.717) is 18.5 Å². The molecule has 0 aromatic rings. The molecule has 0 spiro atoms. The van der Waals surface area contributed by atoms with Crippen LogP contribution in [0.15, 0.2) is 17.1 Å². The van der Waals surface area contributed by atoms with E-state index in [1.54, 1.807) is 19.0 Å². The molecule has 1 heterocycles. The molecule has 138 valence electrons. The van der Waals surface area contributed by atoms with Gasteiger partial charge in [-0.3, -0.25) is 4.79 Å². The van der Waals surface area contributed by atoms with Crippen molar-refractivity contribution in [1.82, 2.24) is 20.4 Å². The monoisotopic (exact) mass is 337 g/mol. The molecule has 1 rings (SSSR count). The smallest absolute Gasteiger partial charge is 0.243 e. The van der Waals surface area contributed by atoms with Gasteiger partial charge in [0.2, 0.25) is 5.91 Å². The van der Waals surface area contributed by atoms with Gasteiger partial charge in [0.25, 0.3) is 0 Å². The van der Waals surface area contributed by atoms with E-state index in [1.807, 2.05) is 6.92 Å². The summed E-state index contributed by atoms with van der Waals surface area (Å²) in [6.45, 7) is 12.4. The van der Waals surface area contributed by atoms with E-state index >= 15 is 0 Å². The van der Waals surface area contributed by atoms with Crippen LogP contribution < -0.4 is 10.6 Å². The molecule has 1 fully saturated rings. The SMILES string of the molecule is C=C(C)CNC(=NCC(=O)N(C)C)NC1CCN(CCCC)CC1. The molecule has 0 bridgehead atoms. The standard InChI is InChI=1S/C18H35N5O/c1-6-7-10-23-11-8-16(9-12-23)21-18(19-13-15(2)3)20-14-17(24)22(4)5/h16H,2,6-14H2,1,3-5H3,(H2,19,20,21). The molecule has 6 heteroatoms. The maximum atomic E-state index is 11.8. The predicted molar refractivity (Wildman–Crippen MR) is 101 cm³/mol. The first kappa shape index (κ1) is 20.5. The van der Waals surface area contributed by atoms with Gasteiger partial charge in [0, 0.05) is 39.8 Å². The second kappa shape index (κ2) is 11.1. The zero-order valence-electron chi connectivity index (χ0n) is 15.9. The summed E-state index contributed by atoms with van der Waals surface area (Å²) in [5.74, 6) is 0.709. The van der Waals surface area contributed by atoms with Crippen molar-refractivity contribution >= 4 is 11.9 Å². The quantitative estimate of drug-likeness (QED) is 0.400. The second-order valence-electron chi connectivity index (χ2n) is 6.88. The van der Waals surface area contributed by atoms with Crippen LogP contribution in [-0.2, 0) is 4.79 Å². The lowest BCUT2D eigenvalue weighted by molar-refractivity contribution is -0.127. The Bertz CT molecular complexity index is 425. The number of hydrogen-bond donors (Lipinski definition) is 2. The number of aliphatic imine (C=N–C) groups is 1. The molecule has 24 heavy (non-hydrogen) atoms. The number of nitrogens with one attached hydrogen (secondary N) is 2. The molecule has 6 nitrogen and oxygen atoms in total. The van der Waals surface area contributed by atoms with Gasteiger partial charge in [-0.05, 0) is 32.7 Å². The second-order valence-corrected chi connectivity index (χ2v) is 6.88. The summed E-state index contributed by atoms with van der Waals surface area (Å²) >= 11 is 0. The third kappa shape index (κ3) is 8.34. The zero-order valence-corrected chi connectivity index (χ0v) is 15.9. The average molecular weight is 338 g/mol. The van der Waals surface area contributed by atoms with Crippen LogP contribution in [0.1, 0.15) is 39.5 Å². The fourth-order valence-corrected chi connectivity index (χ4v) is 2.55. The van der Waals surface area contributed by atoms with E-state index in [0.717, 1.165) is 31.5 Å². The van der Waals surface area contributed by atoms with Gasteiger partial charge < -0.3 is 20.4 Å². The van der Waals surface area contributed by atoms with Crippen molar-refractivity contribution in [3.8, 4) is 0 Å². The Balaban J connectivity index is 2.50. The van der Waals surface area contributed by atoms with Gasteiger partial charge in [0.05, 0.1) is 0 Å². The number of carbonyl (C=O) groups excluding carboxylic acids is 1. The largest absolute Gasteiger partial charge is 0.354 e. The van der Waals surface area contributed by atoms with Crippen LogP contribution in [0.2, 0.25) is 0 Å². The van der Waals surface area contributed by atoms with Crippen LogP contribution >= 0.6 is 0 Å². The highest BCUT2D eigenvalue weighted by Crippen LogP contribution is 2.11. The topological polar surface area (TPSA) is 60.0 Å². The van der Waals surface area contributed by atoms with E-state index in [2.05, 4.69) is 34.0 Å². The Hall–Kier alpha value is -1.56. The van der Waals surface area contributed by atoms with E-state index in [9.17, 15) is 4.79 Å². The highest BCUT2D eigenvalue weighted by Gasteiger charge is 2.19. The number of hydrogen-bond acceptors (Lipinski definition) is 3. The van der Waals surface area contributed by atoms with E-state index in [-0.39, 0.29) is 12.5 Å². The maximum Gasteiger partial charge on any atom is 0.243 e. The number of unbranched alkanes of at least 4 members (excludes halogenated alkanes) is 1. The number of likely N-dealkylation sites (tertiary alicyclic amines) is 1. The lowest BCUT2D eigenvalue weighted by atomic mass is 10.0. The highest BCUT2D eigenvalue weighted by atomic mass is 16.2. The van der Waals surface area contributed by atoms with E-state index in [4.69, 9.17) is 0 Å². The molecule has 0 aromatic carbocycles. The first-order valence-corrected chi connectivity index (χ1v) is 9.04. The zero-order chi connectivity index (χ0) is 17.9. The molecular weight excluding hydrogens is 302 g/mol. The summed E-state index contributed by atoms with van der Waals surface area (Å²) in [5, 5.41) is 6.74. The predicted octanol–water partition coefficient (Wildman–Crippen LogP) is 1.45. The molecule has 1 aliphatic rings.